The molecule has 3 nitrogen and oxygen atoms in total. The molecular formula is C10H21NO2. The van der Waals surface area contributed by atoms with Crippen molar-refractivity contribution in [3.8, 4) is 0 Å². The van der Waals surface area contributed by atoms with Crippen molar-refractivity contribution in [2.24, 2.45) is 11.1 Å². The molecule has 0 aromatic carbocycles. The van der Waals surface area contributed by atoms with Crippen LogP contribution in [0.15, 0.2) is 0 Å². The Labute approximate surface area is 80.3 Å². The highest BCUT2D eigenvalue weighted by atomic mass is 16.5. The molecule has 0 radical (unpaired) electrons. The van der Waals surface area contributed by atoms with E-state index in [1.165, 1.54) is 0 Å². The van der Waals surface area contributed by atoms with Crippen LogP contribution in [0.25, 0.3) is 0 Å². The fraction of sp³-hybridized carbons (Fsp3) is 1.00. The molecule has 78 valence electrons. The van der Waals surface area contributed by atoms with Crippen molar-refractivity contribution in [1.82, 2.24) is 0 Å². The summed E-state index contributed by atoms with van der Waals surface area (Å²) in [5.41, 5.74) is 4.80. The van der Waals surface area contributed by atoms with E-state index < -0.39 is 5.60 Å². The number of hydrogen-bond acceptors (Lipinski definition) is 3. The maximum atomic E-state index is 10.4. The van der Waals surface area contributed by atoms with E-state index in [0.717, 1.165) is 0 Å². The molecule has 2 atom stereocenters. The lowest BCUT2D eigenvalue weighted by molar-refractivity contribution is -0.151. The van der Waals surface area contributed by atoms with Crippen LogP contribution in [0, 0.1) is 5.41 Å². The summed E-state index contributed by atoms with van der Waals surface area (Å²) in [6.07, 6.45) is 1.53. The van der Waals surface area contributed by atoms with Gasteiger partial charge in [-0.1, -0.05) is 13.8 Å². The van der Waals surface area contributed by atoms with E-state index in [9.17, 15) is 5.11 Å². The summed E-state index contributed by atoms with van der Waals surface area (Å²) < 4.78 is 5.41. The summed E-state index contributed by atoms with van der Waals surface area (Å²) in [6.45, 7) is 7.18. The van der Waals surface area contributed by atoms with Crippen LogP contribution >= 0.6 is 0 Å². The van der Waals surface area contributed by atoms with Crippen LogP contribution in [0.1, 0.15) is 33.6 Å². The molecule has 1 aliphatic heterocycles. The molecule has 0 amide bonds. The minimum atomic E-state index is -0.653. The molecule has 1 rings (SSSR count). The molecule has 0 aliphatic carbocycles. The van der Waals surface area contributed by atoms with Crippen molar-refractivity contribution in [1.29, 1.82) is 0 Å². The summed E-state index contributed by atoms with van der Waals surface area (Å²) in [6, 6.07) is 0. The van der Waals surface area contributed by atoms with Gasteiger partial charge >= 0.3 is 0 Å². The predicted molar refractivity (Wildman–Crippen MR) is 52.4 cm³/mol. The van der Waals surface area contributed by atoms with Crippen molar-refractivity contribution in [2.75, 3.05) is 13.2 Å². The summed E-state index contributed by atoms with van der Waals surface area (Å²) in [5.74, 6) is 0. The quantitative estimate of drug-likeness (QED) is 0.675. The highest BCUT2D eigenvalue weighted by molar-refractivity contribution is 4.96. The molecule has 13 heavy (non-hydrogen) atoms. The summed E-state index contributed by atoms with van der Waals surface area (Å²) in [7, 11) is 0. The molecule has 0 bridgehead atoms. The maximum Gasteiger partial charge on any atom is 0.0756 e. The Kier molecular flexibility index (Phi) is 3.00. The van der Waals surface area contributed by atoms with E-state index in [-0.39, 0.29) is 11.5 Å². The van der Waals surface area contributed by atoms with Crippen LogP contribution in [0.5, 0.6) is 0 Å². The van der Waals surface area contributed by atoms with Crippen LogP contribution in [-0.4, -0.2) is 30.0 Å². The average Bonchev–Trinajstić information content (AvgIpc) is 2.03. The molecule has 1 heterocycles. The highest BCUT2D eigenvalue weighted by Gasteiger charge is 2.45. The van der Waals surface area contributed by atoms with Crippen LogP contribution < -0.4 is 5.73 Å². The molecule has 1 saturated heterocycles. The Bertz CT molecular complexity index is 182. The second-order valence-electron chi connectivity index (χ2n) is 4.76. The first-order valence-corrected chi connectivity index (χ1v) is 4.95. The second kappa shape index (κ2) is 3.56. The Balaban J connectivity index is 2.74. The van der Waals surface area contributed by atoms with Crippen LogP contribution in [-0.2, 0) is 4.74 Å². The van der Waals surface area contributed by atoms with Gasteiger partial charge in [0.1, 0.15) is 0 Å². The van der Waals surface area contributed by atoms with Crippen LogP contribution in [0.2, 0.25) is 0 Å². The fourth-order valence-electron chi connectivity index (χ4n) is 1.87. The van der Waals surface area contributed by atoms with Crippen molar-refractivity contribution >= 4 is 0 Å². The Morgan fingerprint density at radius 1 is 1.62 bits per heavy atom. The van der Waals surface area contributed by atoms with E-state index in [2.05, 4.69) is 0 Å². The third-order valence-corrected chi connectivity index (χ3v) is 3.31. The van der Waals surface area contributed by atoms with Gasteiger partial charge in [0.2, 0.25) is 0 Å². The van der Waals surface area contributed by atoms with E-state index in [4.69, 9.17) is 10.5 Å². The summed E-state index contributed by atoms with van der Waals surface area (Å²) in [4.78, 5) is 0. The lowest BCUT2D eigenvalue weighted by Crippen LogP contribution is -2.53. The lowest BCUT2D eigenvalue weighted by atomic mass is 9.69. The SMILES string of the molecule is CC1CC(O)(C(C)(C)CN)CCO1. The maximum absolute atomic E-state index is 10.4. The Hall–Kier alpha value is -0.120. The standard InChI is InChI=1S/C10H21NO2/c1-8-6-10(12,4-5-13-8)9(2,3)7-11/h8,12H,4-7,11H2,1-3H3. The van der Waals surface area contributed by atoms with Gasteiger partial charge in [0.15, 0.2) is 0 Å². The molecule has 0 spiro atoms. The zero-order valence-corrected chi connectivity index (χ0v) is 8.84. The van der Waals surface area contributed by atoms with Gasteiger partial charge in [0, 0.05) is 31.4 Å². The van der Waals surface area contributed by atoms with Crippen molar-refractivity contribution in [3.05, 3.63) is 0 Å². The van der Waals surface area contributed by atoms with Crippen LogP contribution in [0.4, 0.5) is 0 Å². The van der Waals surface area contributed by atoms with E-state index in [1.54, 1.807) is 0 Å². The third-order valence-electron chi connectivity index (χ3n) is 3.31. The molecule has 3 heteroatoms. The predicted octanol–water partition coefficient (Wildman–Crippen LogP) is 0.901. The normalized spacial score (nSPS) is 36.2. The van der Waals surface area contributed by atoms with Crippen molar-refractivity contribution in [2.45, 2.75) is 45.3 Å². The minimum absolute atomic E-state index is 0.143. The number of aliphatic hydroxyl groups is 1. The van der Waals surface area contributed by atoms with Gasteiger partial charge in [-0.3, -0.25) is 0 Å². The first-order chi connectivity index (χ1) is 5.91. The molecule has 0 aromatic heterocycles. The second-order valence-corrected chi connectivity index (χ2v) is 4.76. The fourth-order valence-corrected chi connectivity index (χ4v) is 1.87. The Morgan fingerprint density at radius 2 is 2.23 bits per heavy atom. The van der Waals surface area contributed by atoms with Gasteiger partial charge in [-0.15, -0.1) is 0 Å². The van der Waals surface area contributed by atoms with Crippen molar-refractivity contribution in [3.63, 3.8) is 0 Å². The zero-order valence-electron chi connectivity index (χ0n) is 8.84. The number of rotatable bonds is 2. The monoisotopic (exact) mass is 187 g/mol. The van der Waals surface area contributed by atoms with Crippen LogP contribution in [0.3, 0.4) is 0 Å². The van der Waals surface area contributed by atoms with Gasteiger partial charge in [-0.25, -0.2) is 0 Å². The van der Waals surface area contributed by atoms with Gasteiger partial charge in [0.05, 0.1) is 11.7 Å². The highest BCUT2D eigenvalue weighted by Crippen LogP contribution is 2.39. The smallest absolute Gasteiger partial charge is 0.0756 e. The van der Waals surface area contributed by atoms with Crippen molar-refractivity contribution < 1.29 is 9.84 Å². The summed E-state index contributed by atoms with van der Waals surface area (Å²) >= 11 is 0. The Morgan fingerprint density at radius 3 is 2.69 bits per heavy atom. The first-order valence-electron chi connectivity index (χ1n) is 4.95. The largest absolute Gasteiger partial charge is 0.389 e. The molecular weight excluding hydrogens is 166 g/mol. The number of nitrogens with two attached hydrogens (primary N) is 1. The molecule has 0 saturated carbocycles. The minimum Gasteiger partial charge on any atom is -0.389 e. The summed E-state index contributed by atoms with van der Waals surface area (Å²) in [5, 5.41) is 10.4. The molecule has 1 fully saturated rings. The van der Waals surface area contributed by atoms with Gasteiger partial charge < -0.3 is 15.6 Å². The third kappa shape index (κ3) is 2.03. The lowest BCUT2D eigenvalue weighted by Gasteiger charge is -2.46. The molecule has 2 unspecified atom stereocenters. The topological polar surface area (TPSA) is 55.5 Å². The van der Waals surface area contributed by atoms with Gasteiger partial charge in [0.25, 0.3) is 0 Å². The molecule has 3 N–H and O–H groups in total. The van der Waals surface area contributed by atoms with Gasteiger partial charge in [-0.2, -0.15) is 0 Å². The number of ether oxygens (including phenoxy) is 1. The first kappa shape index (κ1) is 11.0. The van der Waals surface area contributed by atoms with E-state index in [1.807, 2.05) is 20.8 Å². The molecule has 0 aromatic rings. The number of hydrogen-bond donors (Lipinski definition) is 2. The van der Waals surface area contributed by atoms with E-state index in [0.29, 0.717) is 26.0 Å². The van der Waals surface area contributed by atoms with Gasteiger partial charge in [-0.05, 0) is 6.92 Å². The molecule has 1 aliphatic rings. The van der Waals surface area contributed by atoms with E-state index >= 15 is 0 Å². The zero-order chi connectivity index (χ0) is 10.1. The average molecular weight is 187 g/mol.